The zero-order chi connectivity index (χ0) is 11.5. The summed E-state index contributed by atoms with van der Waals surface area (Å²) in [6.07, 6.45) is 1.38. The predicted octanol–water partition coefficient (Wildman–Crippen LogP) is 3.34. The number of halogens is 2. The summed E-state index contributed by atoms with van der Waals surface area (Å²) in [5, 5.41) is 6.65. The molecule has 0 aliphatic rings. The van der Waals surface area contributed by atoms with Gasteiger partial charge in [0.05, 0.1) is 5.56 Å². The van der Waals surface area contributed by atoms with Crippen molar-refractivity contribution in [1.82, 2.24) is 5.16 Å². The van der Waals surface area contributed by atoms with Crippen LogP contribution in [0.3, 0.4) is 0 Å². The topological polar surface area (TPSA) is 55.1 Å². The zero-order valence-corrected chi connectivity index (χ0v) is 10.2. The van der Waals surface area contributed by atoms with Crippen LogP contribution in [0.2, 0.25) is 5.02 Å². The molecule has 6 heteroatoms. The molecule has 0 atom stereocenters. The van der Waals surface area contributed by atoms with Crippen molar-refractivity contribution in [3.8, 4) is 0 Å². The Morgan fingerprint density at radius 1 is 1.44 bits per heavy atom. The van der Waals surface area contributed by atoms with Gasteiger partial charge in [0, 0.05) is 15.6 Å². The third-order valence-corrected chi connectivity index (χ3v) is 2.78. The van der Waals surface area contributed by atoms with Gasteiger partial charge in [-0.05, 0) is 34.1 Å². The van der Waals surface area contributed by atoms with E-state index >= 15 is 0 Å². The molecule has 0 saturated heterocycles. The molecule has 0 unspecified atom stereocenters. The van der Waals surface area contributed by atoms with Crippen molar-refractivity contribution in [2.75, 3.05) is 5.32 Å². The smallest absolute Gasteiger partial charge is 0.258 e. The maximum atomic E-state index is 11.8. The molecule has 0 aliphatic carbocycles. The molecule has 2 aromatic rings. The van der Waals surface area contributed by atoms with Crippen LogP contribution in [-0.2, 0) is 0 Å². The Bertz CT molecular complexity index is 514. The van der Waals surface area contributed by atoms with Gasteiger partial charge in [0.2, 0.25) is 0 Å². The summed E-state index contributed by atoms with van der Waals surface area (Å²) in [6.45, 7) is 0. The monoisotopic (exact) mass is 300 g/mol. The van der Waals surface area contributed by atoms with Crippen molar-refractivity contribution < 1.29 is 9.32 Å². The third-order valence-electron chi connectivity index (χ3n) is 1.85. The van der Waals surface area contributed by atoms with Gasteiger partial charge in [-0.1, -0.05) is 16.8 Å². The van der Waals surface area contributed by atoms with E-state index in [-0.39, 0.29) is 5.91 Å². The first-order chi connectivity index (χ1) is 7.66. The van der Waals surface area contributed by atoms with Crippen LogP contribution < -0.4 is 5.32 Å². The van der Waals surface area contributed by atoms with Gasteiger partial charge in [0.25, 0.3) is 5.91 Å². The third kappa shape index (κ3) is 2.43. The predicted molar refractivity (Wildman–Crippen MR) is 63.6 cm³/mol. The largest absolute Gasteiger partial charge is 0.363 e. The molecule has 0 radical (unpaired) electrons. The fourth-order valence-electron chi connectivity index (χ4n) is 1.13. The first-order valence-electron chi connectivity index (χ1n) is 4.33. The minimum Gasteiger partial charge on any atom is -0.363 e. The molecule has 1 aromatic carbocycles. The number of amides is 1. The van der Waals surface area contributed by atoms with Gasteiger partial charge in [-0.2, -0.15) is 0 Å². The number of hydrogen-bond acceptors (Lipinski definition) is 3. The van der Waals surface area contributed by atoms with E-state index in [9.17, 15) is 4.79 Å². The van der Waals surface area contributed by atoms with Crippen molar-refractivity contribution in [2.45, 2.75) is 0 Å². The van der Waals surface area contributed by atoms with E-state index in [0.29, 0.717) is 20.9 Å². The van der Waals surface area contributed by atoms with Crippen LogP contribution in [0.15, 0.2) is 39.5 Å². The number of nitrogens with one attached hydrogen (secondary N) is 1. The van der Waals surface area contributed by atoms with Crippen molar-refractivity contribution in [2.24, 2.45) is 0 Å². The van der Waals surface area contributed by atoms with Crippen LogP contribution in [0.25, 0.3) is 0 Å². The van der Waals surface area contributed by atoms with Crippen LogP contribution in [0.4, 0.5) is 5.82 Å². The van der Waals surface area contributed by atoms with Crippen molar-refractivity contribution >= 4 is 39.3 Å². The second kappa shape index (κ2) is 4.67. The average Bonchev–Trinajstić information content (AvgIpc) is 2.74. The second-order valence-corrected chi connectivity index (χ2v) is 4.25. The lowest BCUT2D eigenvalue weighted by Crippen LogP contribution is -2.12. The Hall–Kier alpha value is -1.33. The highest BCUT2D eigenvalue weighted by Gasteiger charge is 2.11. The van der Waals surface area contributed by atoms with Crippen molar-refractivity contribution in [1.29, 1.82) is 0 Å². The Balaban J connectivity index is 2.24. The number of benzene rings is 1. The van der Waals surface area contributed by atoms with E-state index in [1.807, 2.05) is 0 Å². The average molecular weight is 302 g/mol. The molecular weight excluding hydrogens is 295 g/mol. The maximum absolute atomic E-state index is 11.8. The molecule has 1 N–H and O–H groups in total. The van der Waals surface area contributed by atoms with Gasteiger partial charge in [-0.25, -0.2) is 0 Å². The number of aromatic nitrogens is 1. The minimum atomic E-state index is -0.303. The lowest BCUT2D eigenvalue weighted by Gasteiger charge is -2.04. The second-order valence-electron chi connectivity index (χ2n) is 2.96. The summed E-state index contributed by atoms with van der Waals surface area (Å²) < 4.78 is 5.27. The van der Waals surface area contributed by atoms with E-state index < -0.39 is 0 Å². The Morgan fingerprint density at radius 2 is 2.25 bits per heavy atom. The lowest BCUT2D eigenvalue weighted by atomic mass is 10.2. The minimum absolute atomic E-state index is 0.303. The van der Waals surface area contributed by atoms with Gasteiger partial charge < -0.3 is 9.84 Å². The summed E-state index contributed by atoms with van der Waals surface area (Å²) in [4.78, 5) is 11.8. The Labute approximate surface area is 105 Å². The molecule has 0 aliphatic heterocycles. The lowest BCUT2D eigenvalue weighted by molar-refractivity contribution is 0.102. The van der Waals surface area contributed by atoms with E-state index in [2.05, 4.69) is 30.9 Å². The van der Waals surface area contributed by atoms with Crippen molar-refractivity contribution in [3.63, 3.8) is 0 Å². The standard InChI is InChI=1S/C10H6BrClN2O2/c11-8-2-1-6(12)5-7(8)10(15)13-9-3-4-16-14-9/h1-5H,(H,13,14,15). The molecular formula is C10H6BrClN2O2. The normalized spacial score (nSPS) is 10.1. The van der Waals surface area contributed by atoms with Crippen LogP contribution in [0, 0.1) is 0 Å². The molecule has 2 rings (SSSR count). The fourth-order valence-corrected chi connectivity index (χ4v) is 1.73. The number of anilines is 1. The summed E-state index contributed by atoms with van der Waals surface area (Å²) >= 11 is 9.08. The molecule has 16 heavy (non-hydrogen) atoms. The summed E-state index contributed by atoms with van der Waals surface area (Å²) in [6, 6.07) is 6.52. The molecule has 1 heterocycles. The molecule has 1 aromatic heterocycles. The van der Waals surface area contributed by atoms with Gasteiger partial charge in [0.1, 0.15) is 6.26 Å². The van der Waals surface area contributed by atoms with Crippen LogP contribution >= 0.6 is 27.5 Å². The summed E-state index contributed by atoms with van der Waals surface area (Å²) in [5.41, 5.74) is 0.440. The highest BCUT2D eigenvalue weighted by molar-refractivity contribution is 9.10. The molecule has 82 valence electrons. The van der Waals surface area contributed by atoms with E-state index in [1.54, 1.807) is 24.3 Å². The summed E-state index contributed by atoms with van der Waals surface area (Å²) in [5.74, 6) is 0.0557. The first-order valence-corrected chi connectivity index (χ1v) is 5.50. The molecule has 1 amide bonds. The van der Waals surface area contributed by atoms with Crippen molar-refractivity contribution in [3.05, 3.63) is 45.6 Å². The van der Waals surface area contributed by atoms with Gasteiger partial charge in [0.15, 0.2) is 5.82 Å². The number of rotatable bonds is 2. The van der Waals surface area contributed by atoms with E-state index in [4.69, 9.17) is 11.6 Å². The van der Waals surface area contributed by atoms with E-state index in [1.165, 1.54) is 6.26 Å². The Kier molecular flexibility index (Phi) is 3.26. The summed E-state index contributed by atoms with van der Waals surface area (Å²) in [7, 11) is 0. The van der Waals surface area contributed by atoms with Gasteiger partial charge in [-0.15, -0.1) is 0 Å². The van der Waals surface area contributed by atoms with Crippen LogP contribution in [-0.4, -0.2) is 11.1 Å². The molecule has 0 bridgehead atoms. The Morgan fingerprint density at radius 3 is 2.94 bits per heavy atom. The number of nitrogens with zero attached hydrogens (tertiary/aromatic N) is 1. The van der Waals surface area contributed by atoms with Gasteiger partial charge in [-0.3, -0.25) is 4.79 Å². The van der Waals surface area contributed by atoms with Gasteiger partial charge >= 0.3 is 0 Å². The molecule has 0 fully saturated rings. The highest BCUT2D eigenvalue weighted by Crippen LogP contribution is 2.22. The number of carbonyl (C=O) groups is 1. The van der Waals surface area contributed by atoms with Crippen LogP contribution in [0.5, 0.6) is 0 Å². The number of hydrogen-bond donors (Lipinski definition) is 1. The highest BCUT2D eigenvalue weighted by atomic mass is 79.9. The zero-order valence-electron chi connectivity index (χ0n) is 7.91. The van der Waals surface area contributed by atoms with E-state index in [0.717, 1.165) is 0 Å². The van der Waals surface area contributed by atoms with Crippen LogP contribution in [0.1, 0.15) is 10.4 Å². The first kappa shape index (κ1) is 11.2. The fraction of sp³-hybridized carbons (Fsp3) is 0. The molecule has 0 saturated carbocycles. The molecule has 4 nitrogen and oxygen atoms in total. The molecule has 0 spiro atoms. The maximum Gasteiger partial charge on any atom is 0.258 e. The number of carbonyl (C=O) groups excluding carboxylic acids is 1. The SMILES string of the molecule is O=C(Nc1ccon1)c1cc(Cl)ccc1Br. The quantitative estimate of drug-likeness (QED) is 0.925.